The molecule has 1 fully saturated rings. The number of benzene rings is 1. The third-order valence-electron chi connectivity index (χ3n) is 4.17. The van der Waals surface area contributed by atoms with E-state index in [2.05, 4.69) is 13.8 Å². The van der Waals surface area contributed by atoms with E-state index in [4.69, 9.17) is 0 Å². The SMILES string of the molecule is CC(=O)N1CCC(C(=O)c2ccc(C(C)C)cc2)CC1. The summed E-state index contributed by atoms with van der Waals surface area (Å²) >= 11 is 0. The Kier molecular flexibility index (Phi) is 4.58. The van der Waals surface area contributed by atoms with Gasteiger partial charge < -0.3 is 4.90 Å². The molecule has 108 valence electrons. The number of carbonyl (C=O) groups excluding carboxylic acids is 2. The lowest BCUT2D eigenvalue weighted by molar-refractivity contribution is -0.130. The van der Waals surface area contributed by atoms with Crippen LogP contribution in [0.4, 0.5) is 0 Å². The van der Waals surface area contributed by atoms with Gasteiger partial charge in [-0.05, 0) is 24.3 Å². The first-order chi connectivity index (χ1) is 9.49. The number of piperidine rings is 1. The zero-order chi connectivity index (χ0) is 14.7. The fraction of sp³-hybridized carbons (Fsp3) is 0.529. The van der Waals surface area contributed by atoms with Crippen LogP contribution < -0.4 is 0 Å². The minimum Gasteiger partial charge on any atom is -0.343 e. The number of ketones is 1. The van der Waals surface area contributed by atoms with Crippen LogP contribution in [-0.4, -0.2) is 29.7 Å². The summed E-state index contributed by atoms with van der Waals surface area (Å²) in [6.45, 7) is 7.29. The van der Waals surface area contributed by atoms with Crippen molar-refractivity contribution in [2.45, 2.75) is 39.5 Å². The zero-order valence-corrected chi connectivity index (χ0v) is 12.6. The molecule has 0 bridgehead atoms. The molecule has 3 nitrogen and oxygen atoms in total. The van der Waals surface area contributed by atoms with E-state index in [1.54, 1.807) is 6.92 Å². The van der Waals surface area contributed by atoms with Gasteiger partial charge in [-0.3, -0.25) is 9.59 Å². The Hall–Kier alpha value is -1.64. The second kappa shape index (κ2) is 6.21. The molecule has 1 aliphatic rings. The van der Waals surface area contributed by atoms with Crippen LogP contribution in [0, 0.1) is 5.92 Å². The van der Waals surface area contributed by atoms with E-state index in [1.165, 1.54) is 5.56 Å². The molecule has 3 heteroatoms. The topological polar surface area (TPSA) is 37.4 Å². The molecule has 0 N–H and O–H groups in total. The summed E-state index contributed by atoms with van der Waals surface area (Å²) < 4.78 is 0. The van der Waals surface area contributed by atoms with Gasteiger partial charge in [0.2, 0.25) is 5.91 Å². The van der Waals surface area contributed by atoms with Gasteiger partial charge >= 0.3 is 0 Å². The highest BCUT2D eigenvalue weighted by molar-refractivity contribution is 5.98. The smallest absolute Gasteiger partial charge is 0.219 e. The Bertz CT molecular complexity index is 482. The predicted octanol–water partition coefficient (Wildman–Crippen LogP) is 3.25. The Balaban J connectivity index is 2.00. The van der Waals surface area contributed by atoms with E-state index in [0.29, 0.717) is 19.0 Å². The van der Waals surface area contributed by atoms with Crippen molar-refractivity contribution in [2.24, 2.45) is 5.92 Å². The fourth-order valence-electron chi connectivity index (χ4n) is 2.72. The number of nitrogens with zero attached hydrogens (tertiary/aromatic N) is 1. The molecule has 1 aromatic rings. The maximum atomic E-state index is 12.5. The van der Waals surface area contributed by atoms with Gasteiger partial charge in [0.1, 0.15) is 0 Å². The van der Waals surface area contributed by atoms with Crippen LogP contribution >= 0.6 is 0 Å². The highest BCUT2D eigenvalue weighted by Gasteiger charge is 2.26. The number of Topliss-reactive ketones (excluding diaryl/α,β-unsaturated/α-hetero) is 1. The molecule has 0 atom stereocenters. The molecule has 2 rings (SSSR count). The van der Waals surface area contributed by atoms with E-state index in [9.17, 15) is 9.59 Å². The van der Waals surface area contributed by atoms with Crippen molar-refractivity contribution in [1.82, 2.24) is 4.90 Å². The van der Waals surface area contributed by atoms with Gasteiger partial charge in [0, 0.05) is 31.5 Å². The normalized spacial score (nSPS) is 16.5. The molecule has 0 aromatic heterocycles. The Morgan fingerprint density at radius 2 is 1.65 bits per heavy atom. The molecule has 1 heterocycles. The van der Waals surface area contributed by atoms with E-state index in [0.717, 1.165) is 18.4 Å². The molecule has 1 amide bonds. The number of hydrogen-bond donors (Lipinski definition) is 0. The quantitative estimate of drug-likeness (QED) is 0.793. The lowest BCUT2D eigenvalue weighted by Gasteiger charge is -2.30. The molecule has 20 heavy (non-hydrogen) atoms. The maximum absolute atomic E-state index is 12.5. The predicted molar refractivity (Wildman–Crippen MR) is 79.8 cm³/mol. The van der Waals surface area contributed by atoms with Gasteiger partial charge in [0.25, 0.3) is 0 Å². The standard InChI is InChI=1S/C17H23NO2/c1-12(2)14-4-6-15(7-5-14)17(20)16-8-10-18(11-9-16)13(3)19/h4-7,12,16H,8-11H2,1-3H3. The summed E-state index contributed by atoms with van der Waals surface area (Å²) in [7, 11) is 0. The van der Waals surface area contributed by atoms with Crippen LogP contribution in [0.15, 0.2) is 24.3 Å². The zero-order valence-electron chi connectivity index (χ0n) is 12.6. The van der Waals surface area contributed by atoms with Gasteiger partial charge in [-0.2, -0.15) is 0 Å². The third-order valence-corrected chi connectivity index (χ3v) is 4.17. The highest BCUT2D eigenvalue weighted by Crippen LogP contribution is 2.23. The molecule has 0 spiro atoms. The summed E-state index contributed by atoms with van der Waals surface area (Å²) in [6, 6.07) is 7.97. The number of amides is 1. The van der Waals surface area contributed by atoms with Crippen LogP contribution in [-0.2, 0) is 4.79 Å². The lowest BCUT2D eigenvalue weighted by atomic mass is 9.88. The van der Waals surface area contributed by atoms with Crippen molar-refractivity contribution >= 4 is 11.7 Å². The summed E-state index contributed by atoms with van der Waals surface area (Å²) in [5.74, 6) is 0.883. The van der Waals surface area contributed by atoms with Crippen molar-refractivity contribution in [2.75, 3.05) is 13.1 Å². The maximum Gasteiger partial charge on any atom is 0.219 e. The molecule has 1 aromatic carbocycles. The number of carbonyl (C=O) groups is 2. The Morgan fingerprint density at radius 1 is 1.10 bits per heavy atom. The second-order valence-electron chi connectivity index (χ2n) is 5.92. The van der Waals surface area contributed by atoms with Crippen molar-refractivity contribution < 1.29 is 9.59 Å². The summed E-state index contributed by atoms with van der Waals surface area (Å²) in [4.78, 5) is 25.6. The first kappa shape index (κ1) is 14.8. The van der Waals surface area contributed by atoms with E-state index in [-0.39, 0.29) is 17.6 Å². The van der Waals surface area contributed by atoms with Crippen LogP contribution in [0.2, 0.25) is 0 Å². The molecule has 1 aliphatic heterocycles. The van der Waals surface area contributed by atoms with Crippen LogP contribution in [0.1, 0.15) is 55.5 Å². The van der Waals surface area contributed by atoms with E-state index >= 15 is 0 Å². The van der Waals surface area contributed by atoms with E-state index < -0.39 is 0 Å². The fourth-order valence-corrected chi connectivity index (χ4v) is 2.72. The molecule has 0 unspecified atom stereocenters. The van der Waals surface area contributed by atoms with Crippen molar-refractivity contribution in [3.05, 3.63) is 35.4 Å². The van der Waals surface area contributed by atoms with Crippen LogP contribution in [0.3, 0.4) is 0 Å². The van der Waals surface area contributed by atoms with Crippen LogP contribution in [0.25, 0.3) is 0 Å². The summed E-state index contributed by atoms with van der Waals surface area (Å²) in [6.07, 6.45) is 1.56. The minimum atomic E-state index is 0.0653. The van der Waals surface area contributed by atoms with Crippen molar-refractivity contribution in [1.29, 1.82) is 0 Å². The Morgan fingerprint density at radius 3 is 2.10 bits per heavy atom. The van der Waals surface area contributed by atoms with Crippen molar-refractivity contribution in [3.8, 4) is 0 Å². The first-order valence-corrected chi connectivity index (χ1v) is 7.38. The van der Waals surface area contributed by atoms with Gasteiger partial charge in [-0.1, -0.05) is 38.1 Å². The van der Waals surface area contributed by atoms with Gasteiger partial charge in [-0.15, -0.1) is 0 Å². The first-order valence-electron chi connectivity index (χ1n) is 7.38. The van der Waals surface area contributed by atoms with Crippen LogP contribution in [0.5, 0.6) is 0 Å². The third kappa shape index (κ3) is 3.27. The lowest BCUT2D eigenvalue weighted by Crippen LogP contribution is -2.39. The number of likely N-dealkylation sites (tertiary alicyclic amines) is 1. The summed E-state index contributed by atoms with van der Waals surface area (Å²) in [5, 5.41) is 0. The molecule has 0 radical (unpaired) electrons. The number of rotatable bonds is 3. The second-order valence-corrected chi connectivity index (χ2v) is 5.92. The largest absolute Gasteiger partial charge is 0.343 e. The molecule has 1 saturated heterocycles. The molecular weight excluding hydrogens is 250 g/mol. The average Bonchev–Trinajstić information content (AvgIpc) is 2.46. The molecular formula is C17H23NO2. The minimum absolute atomic E-state index is 0.0653. The van der Waals surface area contributed by atoms with Gasteiger partial charge in [0.15, 0.2) is 5.78 Å². The van der Waals surface area contributed by atoms with E-state index in [1.807, 2.05) is 29.2 Å². The average molecular weight is 273 g/mol. The number of hydrogen-bond acceptors (Lipinski definition) is 2. The molecule has 0 saturated carbocycles. The molecule has 0 aliphatic carbocycles. The highest BCUT2D eigenvalue weighted by atomic mass is 16.2. The Labute approximate surface area is 121 Å². The monoisotopic (exact) mass is 273 g/mol. The summed E-state index contributed by atoms with van der Waals surface area (Å²) in [5.41, 5.74) is 2.06. The van der Waals surface area contributed by atoms with Crippen molar-refractivity contribution in [3.63, 3.8) is 0 Å². The van der Waals surface area contributed by atoms with Gasteiger partial charge in [-0.25, -0.2) is 0 Å². The van der Waals surface area contributed by atoms with Gasteiger partial charge in [0.05, 0.1) is 0 Å².